The van der Waals surface area contributed by atoms with Gasteiger partial charge in [0.25, 0.3) is 0 Å². The summed E-state index contributed by atoms with van der Waals surface area (Å²) in [6, 6.07) is 5.70. The van der Waals surface area contributed by atoms with Crippen LogP contribution in [0.4, 0.5) is 0 Å². The molecule has 1 aromatic rings. The second-order valence-corrected chi connectivity index (χ2v) is 8.23. The van der Waals surface area contributed by atoms with Crippen LogP contribution in [-0.2, 0) is 22.7 Å². The van der Waals surface area contributed by atoms with Crippen LogP contribution in [0.5, 0.6) is 0 Å². The Bertz CT molecular complexity index is 573. The lowest BCUT2D eigenvalue weighted by atomic mass is 10.1. The number of halogens is 1. The van der Waals surface area contributed by atoms with Crippen LogP contribution in [0.2, 0.25) is 0 Å². The molecule has 1 fully saturated rings. The number of hydrogen-bond donors (Lipinski definition) is 0. The molecule has 2 nitrogen and oxygen atoms in total. The summed E-state index contributed by atoms with van der Waals surface area (Å²) in [6.07, 6.45) is 5.35. The van der Waals surface area contributed by atoms with Gasteiger partial charge in [-0.2, -0.15) is 0 Å². The summed E-state index contributed by atoms with van der Waals surface area (Å²) in [6.45, 7) is 0. The van der Waals surface area contributed by atoms with Gasteiger partial charge in [-0.1, -0.05) is 22.0 Å². The largest absolute Gasteiger partial charge is 0.224 e. The lowest BCUT2D eigenvalue weighted by Gasteiger charge is -2.12. The van der Waals surface area contributed by atoms with Crippen LogP contribution >= 0.6 is 15.9 Å². The molecular formula is C14H17BrO2S. The summed E-state index contributed by atoms with van der Waals surface area (Å²) in [5.41, 5.74) is 2.58. The Morgan fingerprint density at radius 2 is 1.89 bits per heavy atom. The average Bonchev–Trinajstić information content (AvgIpc) is 2.95. The van der Waals surface area contributed by atoms with E-state index in [9.17, 15) is 8.42 Å². The van der Waals surface area contributed by atoms with Gasteiger partial charge >= 0.3 is 0 Å². The Morgan fingerprint density at radius 3 is 2.56 bits per heavy atom. The molecule has 0 radical (unpaired) electrons. The standard InChI is InChI=1S/C14H17BrO2S/c15-9-14(6-7-14)10-18(16,17)13-5-4-11-2-1-3-12(11)8-13/h4-5,8H,1-3,6-7,9-10H2. The van der Waals surface area contributed by atoms with Crippen molar-refractivity contribution in [2.24, 2.45) is 5.41 Å². The zero-order valence-corrected chi connectivity index (χ0v) is 12.7. The zero-order valence-electron chi connectivity index (χ0n) is 10.3. The van der Waals surface area contributed by atoms with E-state index >= 15 is 0 Å². The van der Waals surface area contributed by atoms with E-state index in [1.165, 1.54) is 11.1 Å². The molecule has 0 aliphatic heterocycles. The highest BCUT2D eigenvalue weighted by Crippen LogP contribution is 2.48. The fourth-order valence-electron chi connectivity index (χ4n) is 2.72. The van der Waals surface area contributed by atoms with Gasteiger partial charge < -0.3 is 0 Å². The molecule has 0 heterocycles. The van der Waals surface area contributed by atoms with Crippen LogP contribution < -0.4 is 0 Å². The van der Waals surface area contributed by atoms with E-state index in [2.05, 4.69) is 15.9 Å². The maximum absolute atomic E-state index is 12.4. The molecule has 0 unspecified atom stereocenters. The first kappa shape index (κ1) is 12.7. The summed E-state index contributed by atoms with van der Waals surface area (Å²) < 4.78 is 24.9. The van der Waals surface area contributed by atoms with E-state index < -0.39 is 9.84 Å². The van der Waals surface area contributed by atoms with E-state index in [0.717, 1.165) is 37.4 Å². The minimum absolute atomic E-state index is 0.0118. The van der Waals surface area contributed by atoms with Crippen LogP contribution in [0.25, 0.3) is 0 Å². The van der Waals surface area contributed by atoms with Gasteiger partial charge in [-0.15, -0.1) is 0 Å². The first-order valence-corrected chi connectivity index (χ1v) is 9.23. The summed E-state index contributed by atoms with van der Waals surface area (Å²) in [7, 11) is -3.12. The molecule has 0 bridgehead atoms. The van der Waals surface area contributed by atoms with Gasteiger partial charge in [-0.25, -0.2) is 8.42 Å². The predicted molar refractivity (Wildman–Crippen MR) is 76.0 cm³/mol. The second-order valence-electron chi connectivity index (χ2n) is 5.68. The van der Waals surface area contributed by atoms with Crippen LogP contribution in [0.15, 0.2) is 23.1 Å². The van der Waals surface area contributed by atoms with Crippen molar-refractivity contribution in [2.45, 2.75) is 37.0 Å². The highest BCUT2D eigenvalue weighted by atomic mass is 79.9. The van der Waals surface area contributed by atoms with Crippen molar-refractivity contribution in [1.82, 2.24) is 0 Å². The Labute approximate surface area is 117 Å². The SMILES string of the molecule is O=S(=O)(CC1(CBr)CC1)c1ccc2c(c1)CCC2. The third-order valence-electron chi connectivity index (χ3n) is 4.17. The number of benzene rings is 1. The number of fused-ring (bicyclic) bond motifs is 1. The minimum Gasteiger partial charge on any atom is -0.224 e. The summed E-state index contributed by atoms with van der Waals surface area (Å²) in [5.74, 6) is 0.296. The molecule has 3 rings (SSSR count). The first-order chi connectivity index (χ1) is 8.55. The van der Waals surface area contributed by atoms with Gasteiger partial charge in [0.15, 0.2) is 9.84 Å². The molecule has 0 amide bonds. The third kappa shape index (κ3) is 2.25. The van der Waals surface area contributed by atoms with Crippen molar-refractivity contribution in [2.75, 3.05) is 11.1 Å². The second kappa shape index (κ2) is 4.34. The van der Waals surface area contributed by atoms with Crippen LogP contribution in [0, 0.1) is 5.41 Å². The first-order valence-electron chi connectivity index (χ1n) is 6.45. The molecule has 18 heavy (non-hydrogen) atoms. The molecule has 0 spiro atoms. The monoisotopic (exact) mass is 328 g/mol. The Balaban J connectivity index is 1.89. The van der Waals surface area contributed by atoms with E-state index in [1.807, 2.05) is 12.1 Å². The number of rotatable bonds is 4. The van der Waals surface area contributed by atoms with Crippen molar-refractivity contribution >= 4 is 25.8 Å². The number of hydrogen-bond acceptors (Lipinski definition) is 2. The van der Waals surface area contributed by atoms with E-state index in [4.69, 9.17) is 0 Å². The molecule has 2 aliphatic rings. The van der Waals surface area contributed by atoms with Gasteiger partial charge in [0.05, 0.1) is 10.6 Å². The maximum atomic E-state index is 12.4. The van der Waals surface area contributed by atoms with Gasteiger partial charge in [-0.3, -0.25) is 0 Å². The lowest BCUT2D eigenvalue weighted by molar-refractivity contribution is 0.572. The third-order valence-corrected chi connectivity index (χ3v) is 7.32. The fourth-order valence-corrected chi connectivity index (χ4v) is 5.70. The summed E-state index contributed by atoms with van der Waals surface area (Å²) >= 11 is 3.44. The van der Waals surface area contributed by atoms with Gasteiger partial charge in [0.2, 0.25) is 0 Å². The Hall–Kier alpha value is -0.350. The predicted octanol–water partition coefficient (Wildman–Crippen LogP) is 3.12. The average molecular weight is 329 g/mol. The highest BCUT2D eigenvalue weighted by Gasteiger charge is 2.45. The van der Waals surface area contributed by atoms with Gasteiger partial charge in [-0.05, 0) is 60.8 Å². The van der Waals surface area contributed by atoms with Gasteiger partial charge in [0.1, 0.15) is 0 Å². The van der Waals surface area contributed by atoms with Crippen molar-refractivity contribution in [3.05, 3.63) is 29.3 Å². The molecule has 0 aromatic heterocycles. The zero-order chi connectivity index (χ0) is 12.8. The minimum atomic E-state index is -3.12. The van der Waals surface area contributed by atoms with Crippen LogP contribution in [0.1, 0.15) is 30.4 Å². The molecule has 98 valence electrons. The molecule has 1 aromatic carbocycles. The van der Waals surface area contributed by atoms with Gasteiger partial charge in [0, 0.05) is 5.33 Å². The topological polar surface area (TPSA) is 34.1 Å². The molecular weight excluding hydrogens is 312 g/mol. The molecule has 1 saturated carbocycles. The highest BCUT2D eigenvalue weighted by molar-refractivity contribution is 9.09. The summed E-state index contributed by atoms with van der Waals surface area (Å²) in [5, 5.41) is 0.796. The Morgan fingerprint density at radius 1 is 1.17 bits per heavy atom. The molecule has 4 heteroatoms. The van der Waals surface area contributed by atoms with Crippen molar-refractivity contribution < 1.29 is 8.42 Å². The lowest BCUT2D eigenvalue weighted by Crippen LogP contribution is -2.18. The van der Waals surface area contributed by atoms with Crippen molar-refractivity contribution in [3.63, 3.8) is 0 Å². The van der Waals surface area contributed by atoms with E-state index in [1.54, 1.807) is 6.07 Å². The molecule has 0 N–H and O–H groups in total. The fraction of sp³-hybridized carbons (Fsp3) is 0.571. The summed E-state index contributed by atoms with van der Waals surface area (Å²) in [4.78, 5) is 0.523. The van der Waals surface area contributed by atoms with Crippen LogP contribution in [-0.4, -0.2) is 19.5 Å². The molecule has 0 atom stereocenters. The van der Waals surface area contributed by atoms with Crippen LogP contribution in [0.3, 0.4) is 0 Å². The van der Waals surface area contributed by atoms with Crippen molar-refractivity contribution in [3.8, 4) is 0 Å². The molecule has 0 saturated heterocycles. The quantitative estimate of drug-likeness (QED) is 0.796. The number of alkyl halides is 1. The maximum Gasteiger partial charge on any atom is 0.178 e. The smallest absolute Gasteiger partial charge is 0.178 e. The Kier molecular flexibility index (Phi) is 3.06. The van der Waals surface area contributed by atoms with Crippen molar-refractivity contribution in [1.29, 1.82) is 0 Å². The molecule has 2 aliphatic carbocycles. The number of aryl methyl sites for hydroxylation is 2. The number of sulfone groups is 1. The van der Waals surface area contributed by atoms with E-state index in [-0.39, 0.29) is 5.41 Å². The normalized spacial score (nSPS) is 20.7. The van der Waals surface area contributed by atoms with E-state index in [0.29, 0.717) is 10.6 Å².